The van der Waals surface area contributed by atoms with Crippen molar-refractivity contribution < 1.29 is 4.79 Å². The minimum Gasteiger partial charge on any atom is -0.352 e. The first kappa shape index (κ1) is 21.7. The predicted octanol–water partition coefficient (Wildman–Crippen LogP) is 4.31. The molecule has 0 radical (unpaired) electrons. The molecule has 0 bridgehead atoms. The highest BCUT2D eigenvalue weighted by Crippen LogP contribution is 2.27. The highest BCUT2D eigenvalue weighted by atomic mass is 16.1. The second-order valence-electron chi connectivity index (χ2n) is 8.49. The summed E-state index contributed by atoms with van der Waals surface area (Å²) in [5.74, 6) is 0.138. The van der Waals surface area contributed by atoms with Gasteiger partial charge in [-0.15, -0.1) is 0 Å². The molecule has 1 aromatic carbocycles. The van der Waals surface area contributed by atoms with Crippen LogP contribution in [0.5, 0.6) is 0 Å². The summed E-state index contributed by atoms with van der Waals surface area (Å²) in [5, 5.41) is 12.9. The number of rotatable bonds is 7. The van der Waals surface area contributed by atoms with Gasteiger partial charge in [0, 0.05) is 37.1 Å². The van der Waals surface area contributed by atoms with Crippen molar-refractivity contribution in [2.45, 2.75) is 47.7 Å². The van der Waals surface area contributed by atoms with Crippen molar-refractivity contribution in [1.29, 1.82) is 0 Å². The van der Waals surface area contributed by atoms with E-state index < -0.39 is 0 Å². The lowest BCUT2D eigenvalue weighted by Crippen LogP contribution is -2.30. The number of aromatic nitrogens is 5. The summed E-state index contributed by atoms with van der Waals surface area (Å²) in [6.45, 7) is 12.2. The molecule has 0 saturated carbocycles. The summed E-state index contributed by atoms with van der Waals surface area (Å²) in [7, 11) is 0. The maximum Gasteiger partial charge on any atom is 0.252 e. The molecule has 4 aromatic rings. The lowest BCUT2D eigenvalue weighted by molar-refractivity contribution is 0.0948. The molecule has 3 heterocycles. The largest absolute Gasteiger partial charge is 0.352 e. The van der Waals surface area contributed by atoms with Crippen LogP contribution < -0.4 is 5.32 Å². The first-order valence-corrected chi connectivity index (χ1v) is 11.1. The number of nitrogens with zero attached hydrogens (tertiary/aromatic N) is 5. The van der Waals surface area contributed by atoms with E-state index in [1.54, 1.807) is 6.20 Å². The van der Waals surface area contributed by atoms with Gasteiger partial charge < -0.3 is 5.32 Å². The van der Waals surface area contributed by atoms with Crippen LogP contribution in [0.1, 0.15) is 41.2 Å². The normalized spacial score (nSPS) is 12.3. The number of benzene rings is 1. The molecule has 3 aromatic heterocycles. The molecule has 1 N–H and O–H groups in total. The van der Waals surface area contributed by atoms with Crippen molar-refractivity contribution in [3.05, 3.63) is 65.1 Å². The van der Waals surface area contributed by atoms with E-state index in [1.165, 1.54) is 5.56 Å². The molecule has 0 unspecified atom stereocenters. The van der Waals surface area contributed by atoms with E-state index in [0.717, 1.165) is 40.2 Å². The van der Waals surface area contributed by atoms with E-state index in [9.17, 15) is 4.79 Å². The Morgan fingerprint density at radius 3 is 2.50 bits per heavy atom. The van der Waals surface area contributed by atoms with Crippen molar-refractivity contribution in [3.8, 4) is 11.3 Å². The number of carbonyl (C=O) groups excluding carboxylic acids is 1. The quantitative estimate of drug-likeness (QED) is 0.474. The van der Waals surface area contributed by atoms with Crippen molar-refractivity contribution >= 4 is 16.9 Å². The van der Waals surface area contributed by atoms with Crippen molar-refractivity contribution in [3.63, 3.8) is 0 Å². The topological polar surface area (TPSA) is 77.6 Å². The molecule has 1 atom stereocenters. The molecule has 7 heteroatoms. The molecule has 166 valence electrons. The number of hydrogen-bond acceptors (Lipinski definition) is 4. The third-order valence-electron chi connectivity index (χ3n) is 5.79. The van der Waals surface area contributed by atoms with Crippen molar-refractivity contribution in [2.75, 3.05) is 6.54 Å². The first-order chi connectivity index (χ1) is 15.4. The van der Waals surface area contributed by atoms with Gasteiger partial charge in [-0.25, -0.2) is 9.67 Å². The Kier molecular flexibility index (Phi) is 6.08. The number of fused-ring (bicyclic) bond motifs is 1. The van der Waals surface area contributed by atoms with E-state index in [-0.39, 0.29) is 11.8 Å². The summed E-state index contributed by atoms with van der Waals surface area (Å²) in [6, 6.07) is 12.1. The third kappa shape index (κ3) is 4.28. The van der Waals surface area contributed by atoms with Gasteiger partial charge in [0.25, 0.3) is 5.91 Å². The van der Waals surface area contributed by atoms with E-state index in [1.807, 2.05) is 54.4 Å². The number of carbonyl (C=O) groups is 1. The zero-order valence-electron chi connectivity index (χ0n) is 19.4. The molecule has 7 nitrogen and oxygen atoms in total. The number of pyridine rings is 1. The minimum absolute atomic E-state index is 0.103. The van der Waals surface area contributed by atoms with Crippen LogP contribution in [0, 0.1) is 26.7 Å². The van der Waals surface area contributed by atoms with Gasteiger partial charge in [-0.3, -0.25) is 9.48 Å². The Morgan fingerprint density at radius 1 is 1.09 bits per heavy atom. The van der Waals surface area contributed by atoms with E-state index in [4.69, 9.17) is 4.98 Å². The van der Waals surface area contributed by atoms with Crippen LogP contribution in [0.4, 0.5) is 0 Å². The average molecular weight is 431 g/mol. The summed E-state index contributed by atoms with van der Waals surface area (Å²) >= 11 is 0. The first-order valence-electron chi connectivity index (χ1n) is 11.1. The molecule has 0 fully saturated rings. The van der Waals surface area contributed by atoms with Gasteiger partial charge in [-0.05, 0) is 45.7 Å². The van der Waals surface area contributed by atoms with Gasteiger partial charge in [0.15, 0.2) is 5.65 Å². The van der Waals surface area contributed by atoms with Crippen LogP contribution in [0.3, 0.4) is 0 Å². The highest BCUT2D eigenvalue weighted by molar-refractivity contribution is 6.07. The molecular formula is C25H30N6O. The van der Waals surface area contributed by atoms with Crippen LogP contribution >= 0.6 is 0 Å². The van der Waals surface area contributed by atoms with Gasteiger partial charge in [0.1, 0.15) is 0 Å². The Bertz CT molecular complexity index is 1250. The third-order valence-corrected chi connectivity index (χ3v) is 5.79. The Morgan fingerprint density at radius 2 is 1.84 bits per heavy atom. The molecule has 0 aliphatic carbocycles. The van der Waals surface area contributed by atoms with Gasteiger partial charge in [-0.1, -0.05) is 36.8 Å². The maximum atomic E-state index is 13.3. The maximum absolute atomic E-state index is 13.3. The zero-order valence-corrected chi connectivity index (χ0v) is 19.4. The summed E-state index contributed by atoms with van der Waals surface area (Å²) in [5.41, 5.74) is 6.23. The second kappa shape index (κ2) is 8.94. The number of aryl methyl sites for hydroxylation is 4. The molecule has 0 aliphatic heterocycles. The second-order valence-corrected chi connectivity index (χ2v) is 8.49. The standard InChI is InChI=1S/C25H30N6O/c1-6-30-24-23(19(5)29-30)21(13-22(28-24)20-9-7-16(2)8-10-20)25(32)26-14-17(3)15-31-18(4)11-12-27-31/h7-13,17H,6,14-15H2,1-5H3,(H,26,32)/t17-/m0/s1. The Balaban J connectivity index is 1.65. The fourth-order valence-electron chi connectivity index (χ4n) is 3.94. The molecule has 32 heavy (non-hydrogen) atoms. The monoisotopic (exact) mass is 430 g/mol. The fourth-order valence-corrected chi connectivity index (χ4v) is 3.94. The molecule has 0 aliphatic rings. The molecule has 1 amide bonds. The molecule has 4 rings (SSSR count). The summed E-state index contributed by atoms with van der Waals surface area (Å²) < 4.78 is 3.83. The number of nitrogens with one attached hydrogen (secondary N) is 1. The van der Waals surface area contributed by atoms with Crippen LogP contribution in [0.25, 0.3) is 22.3 Å². The smallest absolute Gasteiger partial charge is 0.252 e. The Labute approximate surface area is 188 Å². The van der Waals surface area contributed by atoms with Crippen molar-refractivity contribution in [2.24, 2.45) is 5.92 Å². The summed E-state index contributed by atoms with van der Waals surface area (Å²) in [6.07, 6.45) is 1.80. The van der Waals surface area contributed by atoms with Gasteiger partial charge in [-0.2, -0.15) is 10.2 Å². The van der Waals surface area contributed by atoms with Gasteiger partial charge in [0.05, 0.1) is 22.3 Å². The van der Waals surface area contributed by atoms with Crippen LogP contribution in [0.15, 0.2) is 42.6 Å². The van der Waals surface area contributed by atoms with Crippen LogP contribution in [0.2, 0.25) is 0 Å². The molecular weight excluding hydrogens is 400 g/mol. The summed E-state index contributed by atoms with van der Waals surface area (Å²) in [4.78, 5) is 18.2. The highest BCUT2D eigenvalue weighted by Gasteiger charge is 2.20. The predicted molar refractivity (Wildman–Crippen MR) is 127 cm³/mol. The lowest BCUT2D eigenvalue weighted by atomic mass is 10.0. The minimum atomic E-state index is -0.103. The van der Waals surface area contributed by atoms with Crippen LogP contribution in [-0.4, -0.2) is 37.0 Å². The van der Waals surface area contributed by atoms with Gasteiger partial charge in [0.2, 0.25) is 0 Å². The average Bonchev–Trinajstić information content (AvgIpc) is 3.34. The van der Waals surface area contributed by atoms with E-state index in [2.05, 4.69) is 41.5 Å². The van der Waals surface area contributed by atoms with E-state index >= 15 is 0 Å². The lowest BCUT2D eigenvalue weighted by Gasteiger charge is -2.15. The van der Waals surface area contributed by atoms with Crippen LogP contribution in [-0.2, 0) is 13.1 Å². The van der Waals surface area contributed by atoms with E-state index in [0.29, 0.717) is 18.7 Å². The fraction of sp³-hybridized carbons (Fsp3) is 0.360. The molecule has 0 saturated heterocycles. The zero-order chi connectivity index (χ0) is 22.8. The number of amides is 1. The molecule has 0 spiro atoms. The van der Waals surface area contributed by atoms with Gasteiger partial charge >= 0.3 is 0 Å². The number of hydrogen-bond donors (Lipinski definition) is 1. The van der Waals surface area contributed by atoms with Crippen molar-refractivity contribution in [1.82, 2.24) is 29.9 Å². The SMILES string of the molecule is CCn1nc(C)c2c(C(=O)NC[C@H](C)Cn3nccc3C)cc(-c3ccc(C)cc3)nc21. The Hall–Kier alpha value is -3.48.